The fraction of sp³-hybridized carbons (Fsp3) is 0.440. The van der Waals surface area contributed by atoms with E-state index in [1.165, 1.54) is 12.1 Å². The van der Waals surface area contributed by atoms with E-state index in [4.69, 9.17) is 4.74 Å². The summed E-state index contributed by atoms with van der Waals surface area (Å²) in [5.74, 6) is -0.982. The predicted molar refractivity (Wildman–Crippen MR) is 118 cm³/mol. The second kappa shape index (κ2) is 10.9. The van der Waals surface area contributed by atoms with Crippen molar-refractivity contribution in [3.8, 4) is 5.75 Å². The number of halogens is 1. The third-order valence-corrected chi connectivity index (χ3v) is 5.88. The zero-order valence-corrected chi connectivity index (χ0v) is 18.3. The number of para-hydroxylation sites is 1. The van der Waals surface area contributed by atoms with Gasteiger partial charge in [-0.3, -0.25) is 9.59 Å². The molecule has 0 radical (unpaired) electrons. The zero-order valence-electron chi connectivity index (χ0n) is 18.3. The smallest absolute Gasteiger partial charge is 0.261 e. The van der Waals surface area contributed by atoms with E-state index >= 15 is 0 Å². The molecule has 31 heavy (non-hydrogen) atoms. The van der Waals surface area contributed by atoms with Crippen LogP contribution in [0.3, 0.4) is 0 Å². The molecule has 3 rings (SSSR count). The van der Waals surface area contributed by atoms with Crippen LogP contribution < -0.4 is 10.1 Å². The minimum atomic E-state index is -0.614. The molecule has 2 aromatic rings. The van der Waals surface area contributed by atoms with Crippen LogP contribution in [-0.4, -0.2) is 35.4 Å². The lowest BCUT2D eigenvalue weighted by molar-refractivity contribution is -0.143. The van der Waals surface area contributed by atoms with Gasteiger partial charge in [0.2, 0.25) is 5.91 Å². The molecule has 1 aliphatic rings. The van der Waals surface area contributed by atoms with E-state index < -0.39 is 11.9 Å². The average molecular weight is 427 g/mol. The Hall–Kier alpha value is -2.89. The molecule has 0 bridgehead atoms. The summed E-state index contributed by atoms with van der Waals surface area (Å²) in [6.45, 7) is 3.84. The van der Waals surface area contributed by atoms with Crippen LogP contribution in [0, 0.1) is 12.7 Å². The number of rotatable bonds is 9. The van der Waals surface area contributed by atoms with Gasteiger partial charge in [-0.25, -0.2) is 4.39 Å². The van der Waals surface area contributed by atoms with Crippen molar-refractivity contribution in [2.24, 2.45) is 0 Å². The molecule has 5 nitrogen and oxygen atoms in total. The standard InChI is InChI=1S/C25H31FN2O3/c1-3-22(25(30)27-20-12-6-7-13-20)28(16-19-11-5-4-10-18(19)2)24(29)17-31-23-15-9-8-14-21(23)26/h4-5,8-11,14-15,20,22H,3,6-7,12-13,16-17H2,1-2H3,(H,27,30)/t22-/m1/s1. The first-order valence-corrected chi connectivity index (χ1v) is 11.0. The maximum atomic E-state index is 13.9. The second-order valence-electron chi connectivity index (χ2n) is 8.08. The molecule has 0 spiro atoms. The first-order chi connectivity index (χ1) is 15.0. The minimum Gasteiger partial charge on any atom is -0.481 e. The number of ether oxygens (including phenoxy) is 1. The molecule has 0 unspecified atom stereocenters. The molecule has 0 aromatic heterocycles. The van der Waals surface area contributed by atoms with Gasteiger partial charge in [0, 0.05) is 12.6 Å². The Morgan fingerprint density at radius 3 is 2.48 bits per heavy atom. The van der Waals surface area contributed by atoms with Gasteiger partial charge in [-0.15, -0.1) is 0 Å². The van der Waals surface area contributed by atoms with Crippen LogP contribution in [-0.2, 0) is 16.1 Å². The number of hydrogen-bond acceptors (Lipinski definition) is 3. The first-order valence-electron chi connectivity index (χ1n) is 11.0. The average Bonchev–Trinajstić information content (AvgIpc) is 3.27. The maximum absolute atomic E-state index is 13.9. The fourth-order valence-electron chi connectivity index (χ4n) is 4.04. The van der Waals surface area contributed by atoms with Gasteiger partial charge >= 0.3 is 0 Å². The van der Waals surface area contributed by atoms with E-state index in [-0.39, 0.29) is 30.2 Å². The van der Waals surface area contributed by atoms with Gasteiger partial charge in [0.15, 0.2) is 18.2 Å². The molecule has 0 saturated heterocycles. The summed E-state index contributed by atoms with van der Waals surface area (Å²) in [7, 11) is 0. The fourth-order valence-corrected chi connectivity index (χ4v) is 4.04. The van der Waals surface area contributed by atoms with E-state index in [9.17, 15) is 14.0 Å². The van der Waals surface area contributed by atoms with Gasteiger partial charge in [-0.05, 0) is 49.4 Å². The largest absolute Gasteiger partial charge is 0.481 e. The number of nitrogens with one attached hydrogen (secondary N) is 1. The number of benzene rings is 2. The van der Waals surface area contributed by atoms with Gasteiger partial charge in [0.05, 0.1) is 0 Å². The van der Waals surface area contributed by atoms with Gasteiger partial charge < -0.3 is 15.0 Å². The highest BCUT2D eigenvalue weighted by atomic mass is 19.1. The van der Waals surface area contributed by atoms with Crippen molar-refractivity contribution in [1.82, 2.24) is 10.2 Å². The van der Waals surface area contributed by atoms with Gasteiger partial charge in [-0.1, -0.05) is 56.2 Å². The molecular formula is C25H31FN2O3. The van der Waals surface area contributed by atoms with Crippen LogP contribution in [0.4, 0.5) is 4.39 Å². The topological polar surface area (TPSA) is 58.6 Å². The molecular weight excluding hydrogens is 395 g/mol. The second-order valence-corrected chi connectivity index (χ2v) is 8.08. The van der Waals surface area contributed by atoms with Crippen LogP contribution in [0.15, 0.2) is 48.5 Å². The van der Waals surface area contributed by atoms with Crippen LogP contribution in [0.2, 0.25) is 0 Å². The number of nitrogens with zero attached hydrogens (tertiary/aromatic N) is 1. The Morgan fingerprint density at radius 2 is 1.81 bits per heavy atom. The number of carbonyl (C=O) groups excluding carboxylic acids is 2. The Labute approximate surface area is 183 Å². The molecule has 2 aromatic carbocycles. The van der Waals surface area contributed by atoms with Crippen LogP contribution >= 0.6 is 0 Å². The molecule has 1 N–H and O–H groups in total. The molecule has 1 saturated carbocycles. The van der Waals surface area contributed by atoms with E-state index in [0.29, 0.717) is 13.0 Å². The summed E-state index contributed by atoms with van der Waals surface area (Å²) in [5.41, 5.74) is 2.01. The van der Waals surface area contributed by atoms with Crippen LogP contribution in [0.1, 0.15) is 50.2 Å². The van der Waals surface area contributed by atoms with Crippen molar-refractivity contribution in [2.45, 2.75) is 64.6 Å². The first kappa shape index (κ1) is 22.8. The Kier molecular flexibility index (Phi) is 8.04. The Bertz CT molecular complexity index is 896. The van der Waals surface area contributed by atoms with E-state index in [1.54, 1.807) is 17.0 Å². The lowest BCUT2D eigenvalue weighted by Gasteiger charge is -2.32. The normalized spacial score (nSPS) is 14.8. The van der Waals surface area contributed by atoms with Crippen molar-refractivity contribution in [1.29, 1.82) is 0 Å². The molecule has 0 heterocycles. The van der Waals surface area contributed by atoms with Crippen molar-refractivity contribution in [3.05, 3.63) is 65.5 Å². The van der Waals surface area contributed by atoms with Crippen molar-refractivity contribution >= 4 is 11.8 Å². The maximum Gasteiger partial charge on any atom is 0.261 e. The van der Waals surface area contributed by atoms with E-state index in [2.05, 4.69) is 5.32 Å². The van der Waals surface area contributed by atoms with Crippen LogP contribution in [0.25, 0.3) is 0 Å². The van der Waals surface area contributed by atoms with Crippen LogP contribution in [0.5, 0.6) is 5.75 Å². The summed E-state index contributed by atoms with van der Waals surface area (Å²) >= 11 is 0. The monoisotopic (exact) mass is 426 g/mol. The van der Waals surface area contributed by atoms with Gasteiger partial charge in [0.25, 0.3) is 5.91 Å². The summed E-state index contributed by atoms with van der Waals surface area (Å²) < 4.78 is 19.4. The Morgan fingerprint density at radius 1 is 1.13 bits per heavy atom. The third-order valence-electron chi connectivity index (χ3n) is 5.88. The molecule has 1 aliphatic carbocycles. The lowest BCUT2D eigenvalue weighted by Crippen LogP contribution is -2.52. The SMILES string of the molecule is CC[C@H](C(=O)NC1CCCC1)N(Cc1ccccc1C)C(=O)COc1ccccc1F. The van der Waals surface area contributed by atoms with Crippen molar-refractivity contribution in [3.63, 3.8) is 0 Å². The summed E-state index contributed by atoms with van der Waals surface area (Å²) in [6.07, 6.45) is 4.67. The summed E-state index contributed by atoms with van der Waals surface area (Å²) in [6, 6.07) is 13.3. The highest BCUT2D eigenvalue weighted by Crippen LogP contribution is 2.21. The highest BCUT2D eigenvalue weighted by molar-refractivity contribution is 5.88. The molecule has 6 heteroatoms. The lowest BCUT2D eigenvalue weighted by atomic mass is 10.1. The van der Waals surface area contributed by atoms with E-state index in [1.807, 2.05) is 38.1 Å². The number of carbonyl (C=O) groups is 2. The number of hydrogen-bond donors (Lipinski definition) is 1. The Balaban J connectivity index is 1.78. The van der Waals surface area contributed by atoms with Crippen molar-refractivity contribution in [2.75, 3.05) is 6.61 Å². The molecule has 1 fully saturated rings. The van der Waals surface area contributed by atoms with E-state index in [0.717, 1.165) is 36.8 Å². The number of amides is 2. The minimum absolute atomic E-state index is 0.0233. The van der Waals surface area contributed by atoms with Gasteiger partial charge in [0.1, 0.15) is 6.04 Å². The highest BCUT2D eigenvalue weighted by Gasteiger charge is 2.31. The van der Waals surface area contributed by atoms with Gasteiger partial charge in [-0.2, -0.15) is 0 Å². The molecule has 1 atom stereocenters. The molecule has 166 valence electrons. The predicted octanol–water partition coefficient (Wildman–Crippen LogP) is 4.38. The third kappa shape index (κ3) is 6.06. The quantitative estimate of drug-likeness (QED) is 0.647. The molecule has 0 aliphatic heterocycles. The number of aryl methyl sites for hydroxylation is 1. The zero-order chi connectivity index (χ0) is 22.2. The van der Waals surface area contributed by atoms with Crippen molar-refractivity contribution < 1.29 is 18.7 Å². The molecule has 2 amide bonds. The summed E-state index contributed by atoms with van der Waals surface area (Å²) in [4.78, 5) is 27.8. The summed E-state index contributed by atoms with van der Waals surface area (Å²) in [5, 5.41) is 3.11.